The topological polar surface area (TPSA) is 47.3 Å². The maximum Gasteiger partial charge on any atom is 0.112 e. The Balaban J connectivity index is 2.21. The van der Waals surface area contributed by atoms with Crippen molar-refractivity contribution in [3.05, 3.63) is 30.1 Å². The summed E-state index contributed by atoms with van der Waals surface area (Å²) >= 11 is 0. The zero-order valence-corrected chi connectivity index (χ0v) is 11.0. The number of rotatable bonds is 6. The van der Waals surface area contributed by atoms with Crippen molar-refractivity contribution in [2.75, 3.05) is 13.7 Å². The Kier molecular flexibility index (Phi) is 4.33. The predicted molar refractivity (Wildman–Crippen MR) is 71.6 cm³/mol. The average molecular weight is 248 g/mol. The molecule has 1 N–H and O–H groups in total. The van der Waals surface area contributed by atoms with Gasteiger partial charge in [0.25, 0.3) is 0 Å². The molecule has 98 valence electrons. The van der Waals surface area contributed by atoms with Gasteiger partial charge in [-0.15, -0.1) is 0 Å². The van der Waals surface area contributed by atoms with Crippen LogP contribution in [0.3, 0.4) is 0 Å². The fourth-order valence-electron chi connectivity index (χ4n) is 2.20. The van der Waals surface area contributed by atoms with E-state index < -0.39 is 6.10 Å². The smallest absolute Gasteiger partial charge is 0.112 e. The van der Waals surface area contributed by atoms with Gasteiger partial charge in [-0.2, -0.15) is 0 Å². The van der Waals surface area contributed by atoms with Gasteiger partial charge in [0.2, 0.25) is 0 Å². The minimum atomic E-state index is -0.396. The molecule has 0 aliphatic heterocycles. The van der Waals surface area contributed by atoms with Crippen molar-refractivity contribution in [2.24, 2.45) is 0 Å². The van der Waals surface area contributed by atoms with Crippen molar-refractivity contribution < 1.29 is 9.84 Å². The second-order valence-electron chi connectivity index (χ2n) is 4.40. The highest BCUT2D eigenvalue weighted by Gasteiger charge is 2.13. The number of fused-ring (bicyclic) bond motifs is 1. The Morgan fingerprint density at radius 3 is 2.89 bits per heavy atom. The SMILES string of the molecule is CCn1c(CC(O)CCOC)nc2ccccc21. The van der Waals surface area contributed by atoms with Gasteiger partial charge in [-0.3, -0.25) is 0 Å². The molecule has 0 amide bonds. The Bertz CT molecular complexity index is 507. The fourth-order valence-corrected chi connectivity index (χ4v) is 2.20. The average Bonchev–Trinajstić information content (AvgIpc) is 2.73. The van der Waals surface area contributed by atoms with E-state index in [1.165, 1.54) is 0 Å². The van der Waals surface area contributed by atoms with Gasteiger partial charge in [0.1, 0.15) is 5.82 Å². The highest BCUT2D eigenvalue weighted by molar-refractivity contribution is 5.75. The van der Waals surface area contributed by atoms with Gasteiger partial charge < -0.3 is 14.4 Å². The van der Waals surface area contributed by atoms with Gasteiger partial charge in [-0.05, 0) is 25.5 Å². The maximum absolute atomic E-state index is 9.95. The van der Waals surface area contributed by atoms with E-state index in [2.05, 4.69) is 22.5 Å². The summed E-state index contributed by atoms with van der Waals surface area (Å²) in [6.45, 7) is 3.54. The molecular formula is C14H20N2O2. The molecule has 0 aliphatic carbocycles. The Morgan fingerprint density at radius 2 is 2.17 bits per heavy atom. The number of aryl methyl sites for hydroxylation is 1. The minimum absolute atomic E-state index is 0.396. The molecule has 4 heteroatoms. The third-order valence-corrected chi connectivity index (χ3v) is 3.12. The van der Waals surface area contributed by atoms with Crippen LogP contribution in [0.5, 0.6) is 0 Å². The molecule has 1 aromatic carbocycles. The largest absolute Gasteiger partial charge is 0.393 e. The summed E-state index contributed by atoms with van der Waals surface area (Å²) in [5.41, 5.74) is 2.13. The lowest BCUT2D eigenvalue weighted by atomic mass is 10.2. The molecule has 0 aliphatic rings. The van der Waals surface area contributed by atoms with E-state index in [9.17, 15) is 5.11 Å². The van der Waals surface area contributed by atoms with Crippen LogP contribution in [-0.2, 0) is 17.7 Å². The van der Waals surface area contributed by atoms with Gasteiger partial charge in [0, 0.05) is 26.7 Å². The first-order chi connectivity index (χ1) is 8.76. The van der Waals surface area contributed by atoms with Crippen LogP contribution in [0, 0.1) is 0 Å². The first kappa shape index (κ1) is 13.1. The van der Waals surface area contributed by atoms with Crippen molar-refractivity contribution in [3.63, 3.8) is 0 Å². The lowest BCUT2D eigenvalue weighted by Crippen LogP contribution is -2.16. The second kappa shape index (κ2) is 5.98. The van der Waals surface area contributed by atoms with Crippen LogP contribution in [0.2, 0.25) is 0 Å². The maximum atomic E-state index is 9.95. The number of nitrogens with zero attached hydrogens (tertiary/aromatic N) is 2. The summed E-state index contributed by atoms with van der Waals surface area (Å²) in [6, 6.07) is 8.07. The van der Waals surface area contributed by atoms with Crippen LogP contribution in [0.25, 0.3) is 11.0 Å². The third-order valence-electron chi connectivity index (χ3n) is 3.12. The molecular weight excluding hydrogens is 228 g/mol. The van der Waals surface area contributed by atoms with E-state index in [0.29, 0.717) is 19.4 Å². The van der Waals surface area contributed by atoms with Crippen LogP contribution >= 0.6 is 0 Å². The number of para-hydroxylation sites is 2. The van der Waals surface area contributed by atoms with Crippen LogP contribution < -0.4 is 0 Å². The first-order valence-electron chi connectivity index (χ1n) is 6.37. The molecule has 0 fully saturated rings. The van der Waals surface area contributed by atoms with Crippen LogP contribution in [0.15, 0.2) is 24.3 Å². The molecule has 1 unspecified atom stereocenters. The fraction of sp³-hybridized carbons (Fsp3) is 0.500. The molecule has 0 saturated heterocycles. The number of aromatic nitrogens is 2. The molecule has 0 spiro atoms. The molecule has 1 heterocycles. The molecule has 4 nitrogen and oxygen atoms in total. The summed E-state index contributed by atoms with van der Waals surface area (Å²) in [5.74, 6) is 0.947. The minimum Gasteiger partial charge on any atom is -0.393 e. The van der Waals surface area contributed by atoms with Crippen molar-refractivity contribution in [2.45, 2.75) is 32.4 Å². The van der Waals surface area contributed by atoms with Gasteiger partial charge in [0.05, 0.1) is 17.1 Å². The van der Waals surface area contributed by atoms with Crippen LogP contribution in [0.1, 0.15) is 19.2 Å². The van der Waals surface area contributed by atoms with E-state index in [-0.39, 0.29) is 0 Å². The van der Waals surface area contributed by atoms with E-state index in [4.69, 9.17) is 4.74 Å². The molecule has 2 aromatic rings. The Labute approximate surface area is 107 Å². The quantitative estimate of drug-likeness (QED) is 0.850. The second-order valence-corrected chi connectivity index (χ2v) is 4.40. The van der Waals surface area contributed by atoms with Crippen molar-refractivity contribution >= 4 is 11.0 Å². The van der Waals surface area contributed by atoms with E-state index >= 15 is 0 Å². The van der Waals surface area contributed by atoms with Crippen molar-refractivity contribution in [1.82, 2.24) is 9.55 Å². The summed E-state index contributed by atoms with van der Waals surface area (Å²) in [5, 5.41) is 9.95. The highest BCUT2D eigenvalue weighted by Crippen LogP contribution is 2.17. The number of aliphatic hydroxyl groups excluding tert-OH is 1. The number of methoxy groups -OCH3 is 1. The van der Waals surface area contributed by atoms with Gasteiger partial charge >= 0.3 is 0 Å². The zero-order valence-electron chi connectivity index (χ0n) is 11.0. The van der Waals surface area contributed by atoms with Gasteiger partial charge in [-0.1, -0.05) is 12.1 Å². The van der Waals surface area contributed by atoms with Gasteiger partial charge in [0.15, 0.2) is 0 Å². The summed E-state index contributed by atoms with van der Waals surface area (Å²) in [6.07, 6.45) is 0.821. The number of imidazole rings is 1. The molecule has 0 radical (unpaired) electrons. The normalized spacial score (nSPS) is 13.1. The van der Waals surface area contributed by atoms with Gasteiger partial charge in [-0.25, -0.2) is 4.98 Å². The monoisotopic (exact) mass is 248 g/mol. The van der Waals surface area contributed by atoms with Crippen molar-refractivity contribution in [1.29, 1.82) is 0 Å². The van der Waals surface area contributed by atoms with E-state index in [1.54, 1.807) is 7.11 Å². The molecule has 2 rings (SSSR count). The molecule has 1 atom stereocenters. The lowest BCUT2D eigenvalue weighted by molar-refractivity contribution is 0.108. The third kappa shape index (κ3) is 2.71. The summed E-state index contributed by atoms with van der Waals surface area (Å²) in [4.78, 5) is 4.59. The molecule has 0 saturated carbocycles. The summed E-state index contributed by atoms with van der Waals surface area (Å²) < 4.78 is 7.14. The number of hydrogen-bond acceptors (Lipinski definition) is 3. The lowest BCUT2D eigenvalue weighted by Gasteiger charge is -2.11. The first-order valence-corrected chi connectivity index (χ1v) is 6.37. The molecule has 0 bridgehead atoms. The van der Waals surface area contributed by atoms with E-state index in [0.717, 1.165) is 23.4 Å². The molecule has 18 heavy (non-hydrogen) atoms. The van der Waals surface area contributed by atoms with Crippen molar-refractivity contribution in [3.8, 4) is 0 Å². The summed E-state index contributed by atoms with van der Waals surface area (Å²) in [7, 11) is 1.65. The Hall–Kier alpha value is -1.39. The molecule has 1 aromatic heterocycles. The number of aliphatic hydroxyl groups is 1. The number of hydrogen-bond donors (Lipinski definition) is 1. The number of ether oxygens (including phenoxy) is 1. The van der Waals surface area contributed by atoms with E-state index in [1.807, 2.05) is 18.2 Å². The standard InChI is InChI=1S/C14H20N2O2/c1-3-16-13-7-5-4-6-12(13)15-14(16)10-11(17)8-9-18-2/h4-7,11,17H,3,8-10H2,1-2H3. The highest BCUT2D eigenvalue weighted by atomic mass is 16.5. The zero-order chi connectivity index (χ0) is 13.0. The van der Waals surface area contributed by atoms with Crippen LogP contribution in [-0.4, -0.2) is 34.5 Å². The number of benzene rings is 1. The Morgan fingerprint density at radius 1 is 1.39 bits per heavy atom. The predicted octanol–water partition coefficient (Wildman–Crippen LogP) is 2.00. The van der Waals surface area contributed by atoms with Crippen LogP contribution in [0.4, 0.5) is 0 Å².